The second-order valence-electron chi connectivity index (χ2n) is 10.1. The van der Waals surface area contributed by atoms with Gasteiger partial charge in [-0.15, -0.1) is 0 Å². The predicted molar refractivity (Wildman–Crippen MR) is 140 cm³/mol. The molecule has 36 heavy (non-hydrogen) atoms. The van der Waals surface area contributed by atoms with Gasteiger partial charge in [-0.05, 0) is 67.9 Å². The van der Waals surface area contributed by atoms with Crippen molar-refractivity contribution in [1.29, 1.82) is 0 Å². The number of rotatable bonds is 7. The van der Waals surface area contributed by atoms with Gasteiger partial charge >= 0.3 is 6.03 Å². The number of nitrogens with zero attached hydrogens (tertiary/aromatic N) is 3. The molecule has 3 atom stereocenters. The molecule has 0 radical (unpaired) electrons. The number of nitrogens with one attached hydrogen (secondary N) is 1. The summed E-state index contributed by atoms with van der Waals surface area (Å²) in [7, 11) is 1.68. The summed E-state index contributed by atoms with van der Waals surface area (Å²) in [5.41, 5.74) is 8.34. The van der Waals surface area contributed by atoms with Gasteiger partial charge in [0.1, 0.15) is 11.9 Å². The molecule has 192 valence electrons. The van der Waals surface area contributed by atoms with Crippen molar-refractivity contribution in [1.82, 2.24) is 15.2 Å². The van der Waals surface area contributed by atoms with E-state index in [-0.39, 0.29) is 17.9 Å². The number of aryl methyl sites for hydroxylation is 1. The van der Waals surface area contributed by atoms with E-state index in [2.05, 4.69) is 17.2 Å². The maximum Gasteiger partial charge on any atom is 0.325 e. The first kappa shape index (κ1) is 25.7. The van der Waals surface area contributed by atoms with Gasteiger partial charge in [-0.25, -0.2) is 9.78 Å². The number of urea groups is 1. The number of hydrogen-bond acceptors (Lipinski definition) is 5. The second-order valence-corrected chi connectivity index (χ2v) is 10.1. The number of carbonyl (C=O) groups is 3. The second kappa shape index (κ2) is 11.1. The molecule has 1 aliphatic carbocycles. The summed E-state index contributed by atoms with van der Waals surface area (Å²) in [6.45, 7) is 3.96. The Labute approximate surface area is 213 Å². The summed E-state index contributed by atoms with van der Waals surface area (Å²) >= 11 is 0. The van der Waals surface area contributed by atoms with E-state index in [4.69, 9.17) is 5.73 Å². The number of nitrogens with two attached hydrogens (primary N) is 1. The van der Waals surface area contributed by atoms with Crippen LogP contribution in [0.4, 0.5) is 16.3 Å². The molecule has 1 aromatic carbocycles. The third-order valence-electron chi connectivity index (χ3n) is 7.80. The minimum Gasteiger partial charge on any atom is -0.384 e. The third kappa shape index (κ3) is 5.22. The van der Waals surface area contributed by atoms with E-state index in [0.29, 0.717) is 23.8 Å². The van der Waals surface area contributed by atoms with E-state index in [0.717, 1.165) is 35.3 Å². The molecule has 8 nitrogen and oxygen atoms in total. The van der Waals surface area contributed by atoms with Crippen LogP contribution >= 0.6 is 0 Å². The Balaban J connectivity index is 1.58. The summed E-state index contributed by atoms with van der Waals surface area (Å²) in [6.07, 6.45) is 8.50. The Hall–Kier alpha value is -3.42. The van der Waals surface area contributed by atoms with Gasteiger partial charge in [0.15, 0.2) is 0 Å². The van der Waals surface area contributed by atoms with Crippen LogP contribution in [-0.4, -0.2) is 46.9 Å². The molecule has 2 aromatic rings. The number of pyridine rings is 1. The number of para-hydroxylation sites is 1. The maximum absolute atomic E-state index is 13.7. The first-order valence-electron chi connectivity index (χ1n) is 13.0. The van der Waals surface area contributed by atoms with Crippen molar-refractivity contribution >= 4 is 29.4 Å². The van der Waals surface area contributed by atoms with Gasteiger partial charge in [0.25, 0.3) is 5.91 Å². The molecule has 4 rings (SSSR count). The number of imide groups is 1. The first-order valence-corrected chi connectivity index (χ1v) is 13.0. The fourth-order valence-electron chi connectivity index (χ4n) is 5.59. The zero-order valence-electron chi connectivity index (χ0n) is 21.4. The molecule has 0 unspecified atom stereocenters. The van der Waals surface area contributed by atoms with E-state index in [1.807, 2.05) is 37.3 Å². The van der Waals surface area contributed by atoms with Crippen LogP contribution in [0.1, 0.15) is 56.6 Å². The highest BCUT2D eigenvalue weighted by Crippen LogP contribution is 2.34. The van der Waals surface area contributed by atoms with E-state index in [1.54, 1.807) is 19.3 Å². The van der Waals surface area contributed by atoms with Gasteiger partial charge in [-0.3, -0.25) is 14.5 Å². The third-order valence-corrected chi connectivity index (χ3v) is 7.80. The average molecular weight is 492 g/mol. The van der Waals surface area contributed by atoms with Crippen LogP contribution in [0.2, 0.25) is 0 Å². The van der Waals surface area contributed by atoms with Crippen LogP contribution in [0.5, 0.6) is 0 Å². The summed E-state index contributed by atoms with van der Waals surface area (Å²) in [4.78, 5) is 47.3. The fourth-order valence-corrected chi connectivity index (χ4v) is 5.59. The van der Waals surface area contributed by atoms with Crippen molar-refractivity contribution < 1.29 is 14.4 Å². The molecule has 3 N–H and O–H groups in total. The van der Waals surface area contributed by atoms with Crippen LogP contribution in [0, 0.1) is 18.8 Å². The minimum atomic E-state index is -0.889. The quantitative estimate of drug-likeness (QED) is 0.568. The monoisotopic (exact) mass is 491 g/mol. The molecule has 0 spiro atoms. The molecule has 2 heterocycles. The number of likely N-dealkylation sites (N-methyl/N-ethyl adjacent to an activating group) is 1. The molecule has 1 saturated carbocycles. The first-order chi connectivity index (χ1) is 17.3. The predicted octanol–water partition coefficient (Wildman–Crippen LogP) is 4.07. The smallest absolute Gasteiger partial charge is 0.325 e. The van der Waals surface area contributed by atoms with Crippen molar-refractivity contribution in [3.63, 3.8) is 0 Å². The van der Waals surface area contributed by atoms with E-state index >= 15 is 0 Å². The Morgan fingerprint density at radius 3 is 2.56 bits per heavy atom. The Morgan fingerprint density at radius 1 is 1.19 bits per heavy atom. The average Bonchev–Trinajstić information content (AvgIpc) is 2.90. The SMILES string of the molecule is CC[C@@H](NC(=O)N1C(=O)[C@H](Cc2cc(N)ncc2C)[C@H]1C(=O)N(C)c1ccccc1)C1CCCCC1. The lowest BCUT2D eigenvalue weighted by atomic mass is 9.80. The van der Waals surface area contributed by atoms with Crippen molar-refractivity contribution in [2.75, 3.05) is 17.7 Å². The van der Waals surface area contributed by atoms with Gasteiger partial charge in [-0.2, -0.15) is 0 Å². The van der Waals surface area contributed by atoms with Gasteiger partial charge in [0.2, 0.25) is 5.91 Å². The molecular weight excluding hydrogens is 454 g/mol. The fraction of sp³-hybridized carbons (Fsp3) is 0.500. The number of anilines is 2. The van der Waals surface area contributed by atoms with Crippen molar-refractivity contribution in [2.24, 2.45) is 11.8 Å². The normalized spacial score (nSPS) is 21.0. The number of amides is 4. The van der Waals surface area contributed by atoms with Gasteiger partial charge < -0.3 is 16.0 Å². The molecule has 2 aliphatic rings. The van der Waals surface area contributed by atoms with Gasteiger partial charge in [0.05, 0.1) is 5.92 Å². The lowest BCUT2D eigenvalue weighted by molar-refractivity contribution is -0.156. The summed E-state index contributed by atoms with van der Waals surface area (Å²) in [6, 6.07) is 9.63. The van der Waals surface area contributed by atoms with Gasteiger partial charge in [-0.1, -0.05) is 44.4 Å². The molecule has 1 aliphatic heterocycles. The number of hydrogen-bond donors (Lipinski definition) is 2. The molecule has 2 fully saturated rings. The Bertz CT molecular complexity index is 1100. The minimum absolute atomic E-state index is 0.00510. The molecular formula is C28H37N5O3. The van der Waals surface area contributed by atoms with Crippen LogP contribution in [0.25, 0.3) is 0 Å². The highest BCUT2D eigenvalue weighted by atomic mass is 16.2. The summed E-state index contributed by atoms with van der Waals surface area (Å²) in [5, 5.41) is 3.10. The Morgan fingerprint density at radius 2 is 1.89 bits per heavy atom. The van der Waals surface area contributed by atoms with Crippen molar-refractivity contribution in [3.8, 4) is 0 Å². The number of benzene rings is 1. The number of carbonyl (C=O) groups excluding carboxylic acids is 3. The molecule has 1 aromatic heterocycles. The number of nitrogen functional groups attached to an aromatic ring is 1. The Kier molecular flexibility index (Phi) is 7.91. The number of β-lactam (4-membered cyclic amide) rings is 1. The molecule has 4 amide bonds. The largest absolute Gasteiger partial charge is 0.384 e. The van der Waals surface area contributed by atoms with E-state index in [1.165, 1.54) is 24.2 Å². The van der Waals surface area contributed by atoms with Crippen LogP contribution in [0.3, 0.4) is 0 Å². The lowest BCUT2D eigenvalue weighted by Crippen LogP contribution is -2.71. The van der Waals surface area contributed by atoms with Crippen LogP contribution < -0.4 is 16.0 Å². The topological polar surface area (TPSA) is 109 Å². The highest BCUT2D eigenvalue weighted by Gasteiger charge is 2.55. The highest BCUT2D eigenvalue weighted by molar-refractivity contribution is 6.12. The number of aromatic nitrogens is 1. The zero-order valence-corrected chi connectivity index (χ0v) is 21.4. The molecule has 1 saturated heterocycles. The van der Waals surface area contributed by atoms with Crippen molar-refractivity contribution in [2.45, 2.75) is 70.9 Å². The summed E-state index contributed by atoms with van der Waals surface area (Å²) < 4.78 is 0. The van der Waals surface area contributed by atoms with Crippen molar-refractivity contribution in [3.05, 3.63) is 53.7 Å². The molecule has 8 heteroatoms. The standard InChI is InChI=1S/C28H37N5O3/c1-4-23(19-11-7-5-8-12-19)31-28(36)33-25(27(35)32(3)21-13-9-6-10-14-21)22(26(33)34)15-20-16-24(29)30-17-18(20)2/h6,9-10,13-14,16-17,19,22-23,25H,4-5,7-8,11-12,15H2,1-3H3,(H2,29,30)(H,31,36)/t22-,23-,25+/m1/s1. The maximum atomic E-state index is 13.7. The van der Waals surface area contributed by atoms with Crippen LogP contribution in [-0.2, 0) is 16.0 Å². The zero-order chi connectivity index (χ0) is 25.8. The van der Waals surface area contributed by atoms with Crippen LogP contribution in [0.15, 0.2) is 42.6 Å². The van der Waals surface area contributed by atoms with E-state index < -0.39 is 18.0 Å². The molecule has 0 bridgehead atoms. The number of likely N-dealkylation sites (tertiary alicyclic amines) is 1. The lowest BCUT2D eigenvalue weighted by Gasteiger charge is -2.46. The van der Waals surface area contributed by atoms with Gasteiger partial charge in [0, 0.05) is 25.0 Å². The van der Waals surface area contributed by atoms with E-state index in [9.17, 15) is 14.4 Å². The summed E-state index contributed by atoms with van der Waals surface area (Å²) in [5.74, 6) is -0.500.